The van der Waals surface area contributed by atoms with E-state index in [0.29, 0.717) is 0 Å². The van der Waals surface area contributed by atoms with E-state index in [2.05, 4.69) is 9.69 Å². The van der Waals surface area contributed by atoms with Gasteiger partial charge in [-0.2, -0.15) is 39.5 Å². The van der Waals surface area contributed by atoms with Crippen LogP contribution < -0.4 is 10.0 Å². The highest BCUT2D eigenvalue weighted by molar-refractivity contribution is 6.27. The summed E-state index contributed by atoms with van der Waals surface area (Å²) in [7, 11) is -3.93. The fraction of sp³-hybridized carbons (Fsp3) is 1.00. The Bertz CT molecular complexity index is 244. The molecular weight excluding hydrogens is 294 g/mol. The first-order valence-corrected chi connectivity index (χ1v) is 3.53. The minimum atomic E-state index is -7.06. The molecule has 0 saturated heterocycles. The molecule has 0 aliphatic rings. The van der Waals surface area contributed by atoms with Crippen molar-refractivity contribution in [2.45, 2.75) is 24.1 Å². The Kier molecular flexibility index (Phi) is 4.56. The molecule has 0 N–H and O–H groups in total. The molecule has 0 amide bonds. The minimum Gasteiger partial charge on any atom is -0.868 e. The van der Waals surface area contributed by atoms with Gasteiger partial charge >= 0.3 is 24.1 Å². The highest BCUT2D eigenvalue weighted by atomic mass is 19.4. The van der Waals surface area contributed by atoms with E-state index >= 15 is 0 Å². The Morgan fingerprint density at radius 2 is 0.944 bits per heavy atom. The van der Waals surface area contributed by atoms with Crippen LogP contribution in [0.2, 0.25) is 0 Å². The molecule has 0 radical (unpaired) electrons. The molecule has 0 spiro atoms. The van der Waals surface area contributed by atoms with Crippen molar-refractivity contribution in [2.75, 3.05) is 0 Å². The standard InChI is InChI=1S/C4BF9O4/c6-2(7,8)1(3(9,10)11,4(12,13)14)17-18-5(15)16/q-2. The number of rotatable bonds is 3. The fourth-order valence-electron chi connectivity index (χ4n) is 0.735. The van der Waals surface area contributed by atoms with Crippen molar-refractivity contribution in [1.82, 2.24) is 0 Å². The lowest BCUT2D eigenvalue weighted by Crippen LogP contribution is -2.68. The molecule has 0 unspecified atom stereocenters. The van der Waals surface area contributed by atoms with Gasteiger partial charge in [0.1, 0.15) is 7.32 Å². The summed E-state index contributed by atoms with van der Waals surface area (Å²) in [5, 5.41) is 19.1. The van der Waals surface area contributed by atoms with Gasteiger partial charge in [-0.15, -0.1) is 0 Å². The predicted molar refractivity (Wildman–Crippen MR) is 28.8 cm³/mol. The summed E-state index contributed by atoms with van der Waals surface area (Å²) in [6.07, 6.45) is -21.2. The third-order valence-electron chi connectivity index (χ3n) is 1.45. The number of alkyl halides is 9. The first-order chi connectivity index (χ1) is 7.67. The van der Waals surface area contributed by atoms with Crippen molar-refractivity contribution in [3.05, 3.63) is 0 Å². The average Bonchev–Trinajstić information content (AvgIpc) is 1.94. The Balaban J connectivity index is 5.76. The van der Waals surface area contributed by atoms with Crippen LogP contribution in [-0.2, 0) is 9.69 Å². The second-order valence-corrected chi connectivity index (χ2v) is 2.64. The van der Waals surface area contributed by atoms with Crippen LogP contribution in [0.4, 0.5) is 39.5 Å². The van der Waals surface area contributed by atoms with Gasteiger partial charge in [0.05, 0.1) is 0 Å². The lowest BCUT2D eigenvalue weighted by Gasteiger charge is -2.39. The van der Waals surface area contributed by atoms with Crippen LogP contribution in [-0.4, -0.2) is 31.5 Å². The average molecular weight is 294 g/mol. The van der Waals surface area contributed by atoms with Crippen LogP contribution in [0, 0.1) is 0 Å². The van der Waals surface area contributed by atoms with E-state index in [9.17, 15) is 49.6 Å². The summed E-state index contributed by atoms with van der Waals surface area (Å²) < 4.78 is 108. The van der Waals surface area contributed by atoms with Gasteiger partial charge in [0.2, 0.25) is 0 Å². The normalized spacial score (nSPS) is 14.8. The van der Waals surface area contributed by atoms with Gasteiger partial charge in [-0.25, -0.2) is 4.89 Å². The summed E-state index contributed by atoms with van der Waals surface area (Å²) in [5.41, 5.74) is -6.78. The van der Waals surface area contributed by atoms with Crippen molar-refractivity contribution >= 4 is 7.32 Å². The van der Waals surface area contributed by atoms with E-state index in [1.807, 2.05) is 0 Å². The zero-order valence-electron chi connectivity index (χ0n) is 7.61. The number of halogens is 9. The van der Waals surface area contributed by atoms with Gasteiger partial charge < -0.3 is 14.9 Å². The maximum absolute atomic E-state index is 12.0. The molecule has 0 heterocycles. The Labute approximate surface area is 92.0 Å². The summed E-state index contributed by atoms with van der Waals surface area (Å²) in [6, 6.07) is 0. The molecule has 0 atom stereocenters. The van der Waals surface area contributed by atoms with Crippen molar-refractivity contribution in [1.29, 1.82) is 0 Å². The second-order valence-electron chi connectivity index (χ2n) is 2.64. The van der Waals surface area contributed by atoms with Crippen LogP contribution in [0.5, 0.6) is 0 Å². The van der Waals surface area contributed by atoms with E-state index in [0.717, 1.165) is 0 Å². The van der Waals surface area contributed by atoms with Crippen molar-refractivity contribution in [3.63, 3.8) is 0 Å². The number of hydrogen-bond donors (Lipinski definition) is 0. The lowest BCUT2D eigenvalue weighted by molar-refractivity contribution is -0.540. The van der Waals surface area contributed by atoms with E-state index in [1.54, 1.807) is 0 Å². The molecule has 14 heteroatoms. The second kappa shape index (κ2) is 4.75. The van der Waals surface area contributed by atoms with Crippen LogP contribution in [0.1, 0.15) is 0 Å². The molecule has 0 aromatic rings. The summed E-state index contributed by atoms with van der Waals surface area (Å²) in [5.74, 6) is 0. The molecule has 108 valence electrons. The zero-order valence-corrected chi connectivity index (χ0v) is 7.61. The highest BCUT2D eigenvalue weighted by Gasteiger charge is 2.86. The quantitative estimate of drug-likeness (QED) is 0.320. The van der Waals surface area contributed by atoms with Crippen LogP contribution >= 0.6 is 0 Å². The molecule has 0 saturated carbocycles. The van der Waals surface area contributed by atoms with Crippen LogP contribution in [0.3, 0.4) is 0 Å². The fourth-order valence-corrected chi connectivity index (χ4v) is 0.735. The van der Waals surface area contributed by atoms with Gasteiger partial charge in [-0.05, 0) is 0 Å². The maximum Gasteiger partial charge on any atom is 0.438 e. The molecule has 0 aliphatic carbocycles. The summed E-state index contributed by atoms with van der Waals surface area (Å²) in [6.45, 7) is 0. The molecule has 4 nitrogen and oxygen atoms in total. The predicted octanol–water partition coefficient (Wildman–Crippen LogP) is 0.0658. The smallest absolute Gasteiger partial charge is 0.438 e. The van der Waals surface area contributed by atoms with E-state index in [1.165, 1.54) is 0 Å². The van der Waals surface area contributed by atoms with Crippen molar-refractivity contribution in [2.24, 2.45) is 0 Å². The van der Waals surface area contributed by atoms with Gasteiger partial charge in [0, 0.05) is 0 Å². The van der Waals surface area contributed by atoms with Crippen LogP contribution in [0.25, 0.3) is 0 Å². The molecule has 0 aliphatic heterocycles. The monoisotopic (exact) mass is 294 g/mol. The third-order valence-corrected chi connectivity index (χ3v) is 1.45. The van der Waals surface area contributed by atoms with Gasteiger partial charge in [0.25, 0.3) is 0 Å². The largest absolute Gasteiger partial charge is 0.868 e. The highest BCUT2D eigenvalue weighted by Crippen LogP contribution is 2.54. The third kappa shape index (κ3) is 2.99. The van der Waals surface area contributed by atoms with Gasteiger partial charge in [-0.3, -0.25) is 0 Å². The van der Waals surface area contributed by atoms with Crippen LogP contribution in [0.15, 0.2) is 0 Å². The minimum absolute atomic E-state index is 2.08. The molecule has 0 rings (SSSR count). The van der Waals surface area contributed by atoms with Crippen molar-refractivity contribution in [3.8, 4) is 0 Å². The molecular formula is C4BF9O4-2. The molecule has 0 aromatic carbocycles. The summed E-state index contributed by atoms with van der Waals surface area (Å²) >= 11 is 0. The number of hydrogen-bond acceptors (Lipinski definition) is 4. The van der Waals surface area contributed by atoms with E-state index in [4.69, 9.17) is 0 Å². The first kappa shape index (κ1) is 17.3. The summed E-state index contributed by atoms with van der Waals surface area (Å²) in [4.78, 5) is 4.40. The van der Waals surface area contributed by atoms with E-state index in [-0.39, 0.29) is 0 Å². The molecule has 0 bridgehead atoms. The molecule has 0 aromatic heterocycles. The molecule has 18 heavy (non-hydrogen) atoms. The van der Waals surface area contributed by atoms with Crippen molar-refractivity contribution < 1.29 is 59.3 Å². The first-order valence-electron chi connectivity index (χ1n) is 3.53. The SMILES string of the molecule is [O-]B([O-])OOC(C(F)(F)F)(C(F)(F)F)C(F)(F)F. The Hall–Kier alpha value is -0.725. The van der Waals surface area contributed by atoms with E-state index < -0.39 is 31.5 Å². The Morgan fingerprint density at radius 3 is 1.11 bits per heavy atom. The zero-order chi connectivity index (χ0) is 15.0. The van der Waals surface area contributed by atoms with Gasteiger partial charge in [0.15, 0.2) is 0 Å². The lowest BCUT2D eigenvalue weighted by atomic mass is 10.0. The molecule has 0 fully saturated rings. The van der Waals surface area contributed by atoms with Gasteiger partial charge in [-0.1, -0.05) is 0 Å². The Morgan fingerprint density at radius 1 is 0.667 bits per heavy atom. The topological polar surface area (TPSA) is 64.6 Å². The maximum atomic E-state index is 12.0.